The molecule has 1 aliphatic heterocycles. The van der Waals surface area contributed by atoms with Crippen LogP contribution in [0.2, 0.25) is 19.1 Å². The molecule has 1 N–H and O–H groups in total. The molecular formula is C22H26F2N2O2Si. The van der Waals surface area contributed by atoms with Gasteiger partial charge in [0, 0.05) is 18.9 Å². The molecule has 1 atom stereocenters. The van der Waals surface area contributed by atoms with Crippen molar-refractivity contribution in [3.63, 3.8) is 0 Å². The van der Waals surface area contributed by atoms with Crippen molar-refractivity contribution < 1.29 is 18.4 Å². The monoisotopic (exact) mass is 416 g/mol. The van der Waals surface area contributed by atoms with E-state index in [-0.39, 0.29) is 17.9 Å². The Balaban J connectivity index is 2.05. The lowest BCUT2D eigenvalue weighted by Crippen LogP contribution is -2.43. The van der Waals surface area contributed by atoms with Crippen LogP contribution < -0.4 is 0 Å². The maximum absolute atomic E-state index is 14.4. The van der Waals surface area contributed by atoms with Gasteiger partial charge in [-0.1, -0.05) is 36.8 Å². The van der Waals surface area contributed by atoms with Crippen molar-refractivity contribution in [2.24, 2.45) is 5.10 Å². The lowest BCUT2D eigenvalue weighted by Gasteiger charge is -2.37. The summed E-state index contributed by atoms with van der Waals surface area (Å²) < 4.78 is 28.2. The zero-order chi connectivity index (χ0) is 21.2. The van der Waals surface area contributed by atoms with E-state index in [4.69, 9.17) is 0 Å². The second-order valence-corrected chi connectivity index (χ2v) is 12.4. The van der Waals surface area contributed by atoms with Crippen LogP contribution in [-0.4, -0.2) is 29.7 Å². The van der Waals surface area contributed by atoms with E-state index < -0.39 is 25.5 Å². The van der Waals surface area contributed by atoms with Gasteiger partial charge in [-0.3, -0.25) is 4.79 Å². The second kappa shape index (κ2) is 8.16. The van der Waals surface area contributed by atoms with E-state index in [0.29, 0.717) is 24.6 Å². The van der Waals surface area contributed by atoms with Gasteiger partial charge in [0.15, 0.2) is 8.32 Å². The molecule has 2 aromatic rings. The molecule has 0 spiro atoms. The fourth-order valence-corrected chi connectivity index (χ4v) is 5.01. The Morgan fingerprint density at radius 1 is 1.21 bits per heavy atom. The van der Waals surface area contributed by atoms with Gasteiger partial charge in [-0.25, -0.2) is 13.8 Å². The molecule has 3 rings (SSSR count). The molecule has 0 saturated carbocycles. The van der Waals surface area contributed by atoms with E-state index in [9.17, 15) is 18.4 Å². The highest BCUT2D eigenvalue weighted by atomic mass is 28.4. The van der Waals surface area contributed by atoms with Crippen LogP contribution in [0.3, 0.4) is 0 Å². The largest absolute Gasteiger partial charge is 0.432 e. The third kappa shape index (κ3) is 4.62. The van der Waals surface area contributed by atoms with E-state index in [0.717, 1.165) is 23.8 Å². The number of hydrogen-bond acceptors (Lipinski definition) is 3. The first kappa shape index (κ1) is 21.3. The Kier molecular flexibility index (Phi) is 6.00. The Labute approximate surface area is 171 Å². The Hall–Kier alpha value is -2.38. The summed E-state index contributed by atoms with van der Waals surface area (Å²) in [6, 6.07) is 13.5. The number of nitrogens with zero attached hydrogens (tertiary/aromatic N) is 2. The first-order valence-electron chi connectivity index (χ1n) is 9.74. The second-order valence-electron chi connectivity index (χ2n) is 8.24. The van der Waals surface area contributed by atoms with Crippen LogP contribution in [0.5, 0.6) is 0 Å². The van der Waals surface area contributed by atoms with E-state index in [1.54, 1.807) is 0 Å². The van der Waals surface area contributed by atoms with Crippen LogP contribution in [0.4, 0.5) is 8.78 Å². The fraction of sp³-hybridized carbons (Fsp3) is 0.364. The quantitative estimate of drug-likeness (QED) is 0.688. The molecule has 0 aromatic heterocycles. The van der Waals surface area contributed by atoms with Gasteiger partial charge in [-0.15, -0.1) is 0 Å². The summed E-state index contributed by atoms with van der Waals surface area (Å²) in [4.78, 5) is 22.8. The minimum Gasteiger partial charge on any atom is -0.432 e. The van der Waals surface area contributed by atoms with Crippen molar-refractivity contribution in [2.45, 2.75) is 50.9 Å². The number of halogens is 2. The van der Waals surface area contributed by atoms with Crippen molar-refractivity contribution in [1.29, 1.82) is 0 Å². The van der Waals surface area contributed by atoms with Gasteiger partial charge in [0.2, 0.25) is 5.91 Å². The zero-order valence-corrected chi connectivity index (χ0v) is 18.0. The zero-order valence-electron chi connectivity index (χ0n) is 17.0. The summed E-state index contributed by atoms with van der Waals surface area (Å²) in [5.41, 5.74) is 0.525. The van der Waals surface area contributed by atoms with E-state index in [2.05, 4.69) is 5.10 Å². The van der Waals surface area contributed by atoms with Gasteiger partial charge in [0.1, 0.15) is 11.6 Å². The molecule has 0 saturated heterocycles. The summed E-state index contributed by atoms with van der Waals surface area (Å²) in [6.07, 6.45) is 1.55. The normalized spacial score (nSPS) is 19.4. The highest BCUT2D eigenvalue weighted by Crippen LogP contribution is 2.43. The highest BCUT2D eigenvalue weighted by Gasteiger charge is 2.46. The van der Waals surface area contributed by atoms with Gasteiger partial charge >= 0.3 is 0 Å². The van der Waals surface area contributed by atoms with Crippen LogP contribution >= 0.6 is 0 Å². The number of amides is 1. The molecule has 1 amide bonds. The van der Waals surface area contributed by atoms with Crippen LogP contribution in [-0.2, 0) is 10.3 Å². The summed E-state index contributed by atoms with van der Waals surface area (Å²) in [7, 11) is -2.26. The molecule has 1 heterocycles. The van der Waals surface area contributed by atoms with Crippen LogP contribution in [0, 0.1) is 11.6 Å². The molecule has 0 aliphatic carbocycles. The third-order valence-corrected chi connectivity index (χ3v) is 6.89. The molecular weight excluding hydrogens is 390 g/mol. The number of rotatable bonds is 6. The number of hydrazone groups is 1. The van der Waals surface area contributed by atoms with Gasteiger partial charge < -0.3 is 4.80 Å². The Morgan fingerprint density at radius 2 is 1.90 bits per heavy atom. The predicted molar refractivity (Wildman–Crippen MR) is 112 cm³/mol. The molecule has 0 fully saturated rings. The number of carbonyl (C=O) groups excluding carboxylic acids is 1. The molecule has 2 aromatic carbocycles. The highest BCUT2D eigenvalue weighted by molar-refractivity contribution is 6.69. The van der Waals surface area contributed by atoms with Crippen molar-refractivity contribution in [3.8, 4) is 0 Å². The van der Waals surface area contributed by atoms with E-state index >= 15 is 0 Å². The van der Waals surface area contributed by atoms with Gasteiger partial charge in [-0.05, 0) is 49.3 Å². The van der Waals surface area contributed by atoms with Gasteiger partial charge in [-0.2, -0.15) is 5.10 Å². The Morgan fingerprint density at radius 3 is 2.52 bits per heavy atom. The average molecular weight is 417 g/mol. The average Bonchev–Trinajstić information content (AvgIpc) is 3.04. The maximum atomic E-state index is 14.4. The summed E-state index contributed by atoms with van der Waals surface area (Å²) in [6.45, 7) is 5.18. The molecule has 0 bridgehead atoms. The van der Waals surface area contributed by atoms with Crippen LogP contribution in [0.25, 0.3) is 0 Å². The molecule has 1 unspecified atom stereocenters. The van der Waals surface area contributed by atoms with Gasteiger partial charge in [0.25, 0.3) is 0 Å². The number of benzene rings is 2. The number of hydrogen-bond donors (Lipinski definition) is 1. The van der Waals surface area contributed by atoms with Crippen molar-refractivity contribution in [1.82, 2.24) is 5.01 Å². The van der Waals surface area contributed by atoms with E-state index in [1.807, 2.05) is 43.4 Å². The fourth-order valence-electron chi connectivity index (χ4n) is 3.97. The SMILES string of the molecule is CC(=O)N1N=C(c2cc(F)ccc2F)CC1(CCC[Si](C)(C)O)c1ccccc1. The molecule has 154 valence electrons. The molecule has 0 radical (unpaired) electrons. The standard InChI is InChI=1S/C22H26F2N2O2Si/c1-16(27)26-22(12-7-13-29(2,3)28,17-8-5-4-6-9-17)15-21(25-26)19-14-18(23)10-11-20(19)24/h4-6,8-11,14,28H,7,12-13,15H2,1-3H3. The molecule has 7 heteroatoms. The summed E-state index contributed by atoms with van der Waals surface area (Å²) >= 11 is 0. The van der Waals surface area contributed by atoms with Crippen molar-refractivity contribution >= 4 is 19.9 Å². The minimum atomic E-state index is -2.26. The smallest absolute Gasteiger partial charge is 0.240 e. The van der Waals surface area contributed by atoms with Crippen molar-refractivity contribution in [3.05, 3.63) is 71.3 Å². The van der Waals surface area contributed by atoms with Gasteiger partial charge in [0.05, 0.1) is 11.3 Å². The molecule has 4 nitrogen and oxygen atoms in total. The molecule has 1 aliphatic rings. The van der Waals surface area contributed by atoms with Crippen LogP contribution in [0.1, 0.15) is 37.3 Å². The minimum absolute atomic E-state index is 0.0749. The predicted octanol–water partition coefficient (Wildman–Crippen LogP) is 4.79. The topological polar surface area (TPSA) is 52.9 Å². The molecule has 29 heavy (non-hydrogen) atoms. The maximum Gasteiger partial charge on any atom is 0.240 e. The summed E-state index contributed by atoms with van der Waals surface area (Å²) in [5, 5.41) is 5.86. The first-order chi connectivity index (χ1) is 13.6. The third-order valence-electron chi connectivity index (χ3n) is 5.31. The number of carbonyl (C=O) groups is 1. The van der Waals surface area contributed by atoms with E-state index in [1.165, 1.54) is 11.9 Å². The lowest BCUT2D eigenvalue weighted by molar-refractivity contribution is -0.135. The van der Waals surface area contributed by atoms with Crippen LogP contribution in [0.15, 0.2) is 53.6 Å². The van der Waals surface area contributed by atoms with Crippen molar-refractivity contribution in [2.75, 3.05) is 0 Å². The summed E-state index contributed by atoms with van der Waals surface area (Å²) in [5.74, 6) is -1.38. The lowest BCUT2D eigenvalue weighted by atomic mass is 9.80. The first-order valence-corrected chi connectivity index (χ1v) is 12.9. The Bertz CT molecular complexity index is 928.